The van der Waals surface area contributed by atoms with E-state index in [1.165, 1.54) is 0 Å². The molecule has 0 aliphatic heterocycles. The zero-order valence-corrected chi connectivity index (χ0v) is 14.5. The molecule has 2 aromatic carbocycles. The van der Waals surface area contributed by atoms with Gasteiger partial charge in [0.25, 0.3) is 5.91 Å². The zero-order valence-electron chi connectivity index (χ0n) is 13.7. The molecule has 0 aliphatic carbocycles. The number of amides is 2. The maximum absolute atomic E-state index is 12.5. The normalized spacial score (nSPS) is 12.3. The van der Waals surface area contributed by atoms with Crippen molar-refractivity contribution in [2.75, 3.05) is 6.54 Å². The quantitative estimate of drug-likeness (QED) is 0.819. The molecular weight excluding hydrogens is 369 g/mol. The number of carbonyl (C=O) groups is 2. The lowest BCUT2D eigenvalue weighted by atomic mass is 10.1. The van der Waals surface area contributed by atoms with Crippen LogP contribution in [0.3, 0.4) is 0 Å². The fraction of sp³-hybridized carbons (Fsp3) is 0.222. The van der Waals surface area contributed by atoms with Crippen LogP contribution < -0.4 is 10.6 Å². The molecule has 138 valence electrons. The van der Waals surface area contributed by atoms with E-state index < -0.39 is 23.6 Å². The molecule has 1 atom stereocenters. The second-order valence-corrected chi connectivity index (χ2v) is 6.03. The van der Waals surface area contributed by atoms with Gasteiger partial charge in [-0.1, -0.05) is 23.7 Å². The van der Waals surface area contributed by atoms with E-state index in [2.05, 4.69) is 10.6 Å². The molecule has 0 spiro atoms. The van der Waals surface area contributed by atoms with Crippen molar-refractivity contribution >= 4 is 23.4 Å². The van der Waals surface area contributed by atoms with Gasteiger partial charge in [0.15, 0.2) is 0 Å². The molecule has 2 rings (SSSR count). The summed E-state index contributed by atoms with van der Waals surface area (Å²) in [6.45, 7) is 1.48. The van der Waals surface area contributed by atoms with E-state index in [1.807, 2.05) is 0 Å². The highest BCUT2D eigenvalue weighted by Crippen LogP contribution is 2.29. The predicted octanol–water partition coefficient (Wildman–Crippen LogP) is 3.97. The van der Waals surface area contributed by atoms with Crippen molar-refractivity contribution in [1.29, 1.82) is 0 Å². The molecule has 0 radical (unpaired) electrons. The molecule has 2 amide bonds. The van der Waals surface area contributed by atoms with Gasteiger partial charge in [-0.15, -0.1) is 0 Å². The highest BCUT2D eigenvalue weighted by atomic mass is 35.5. The van der Waals surface area contributed by atoms with Crippen LogP contribution in [0.1, 0.15) is 34.5 Å². The third kappa shape index (κ3) is 5.49. The molecule has 2 aromatic rings. The maximum atomic E-state index is 12.5. The number of hydrogen-bond donors (Lipinski definition) is 2. The average Bonchev–Trinajstić information content (AvgIpc) is 2.59. The molecule has 26 heavy (non-hydrogen) atoms. The molecular formula is C18H16ClF3N2O2. The Morgan fingerprint density at radius 2 is 1.62 bits per heavy atom. The van der Waals surface area contributed by atoms with Gasteiger partial charge < -0.3 is 10.6 Å². The maximum Gasteiger partial charge on any atom is 0.416 e. The lowest BCUT2D eigenvalue weighted by Gasteiger charge is -2.15. The molecule has 0 unspecified atom stereocenters. The molecule has 0 fully saturated rings. The van der Waals surface area contributed by atoms with E-state index in [9.17, 15) is 22.8 Å². The monoisotopic (exact) mass is 384 g/mol. The van der Waals surface area contributed by atoms with Gasteiger partial charge in [-0.3, -0.25) is 9.59 Å². The Bertz CT molecular complexity index is 775. The van der Waals surface area contributed by atoms with Gasteiger partial charge >= 0.3 is 6.18 Å². The Morgan fingerprint density at radius 3 is 2.15 bits per heavy atom. The molecule has 2 N–H and O–H groups in total. The molecule has 4 nitrogen and oxygen atoms in total. The largest absolute Gasteiger partial charge is 0.416 e. The van der Waals surface area contributed by atoms with Crippen LogP contribution in [0.5, 0.6) is 0 Å². The van der Waals surface area contributed by atoms with Gasteiger partial charge in [0.1, 0.15) is 0 Å². The van der Waals surface area contributed by atoms with E-state index in [1.54, 1.807) is 31.2 Å². The van der Waals surface area contributed by atoms with Crippen molar-refractivity contribution in [3.63, 3.8) is 0 Å². The van der Waals surface area contributed by atoms with Crippen LogP contribution in [-0.4, -0.2) is 18.4 Å². The number of halogens is 4. The van der Waals surface area contributed by atoms with Crippen LogP contribution in [-0.2, 0) is 11.0 Å². The SMILES string of the molecule is C[C@@H](NC(=O)CNC(=O)c1ccc(C(F)(F)F)cc1)c1ccc(Cl)cc1. The first kappa shape index (κ1) is 19.8. The Balaban J connectivity index is 1.86. The van der Waals surface area contributed by atoms with Gasteiger partial charge in [-0.2, -0.15) is 13.2 Å². The second-order valence-electron chi connectivity index (χ2n) is 5.60. The smallest absolute Gasteiger partial charge is 0.348 e. The van der Waals surface area contributed by atoms with Crippen LogP contribution in [0.25, 0.3) is 0 Å². The summed E-state index contributed by atoms with van der Waals surface area (Å²) in [7, 11) is 0. The van der Waals surface area contributed by atoms with Gasteiger partial charge in [0.05, 0.1) is 18.2 Å². The summed E-state index contributed by atoms with van der Waals surface area (Å²) >= 11 is 5.80. The van der Waals surface area contributed by atoms with Crippen LogP contribution in [0.15, 0.2) is 48.5 Å². The van der Waals surface area contributed by atoms with Crippen molar-refractivity contribution in [2.45, 2.75) is 19.1 Å². The highest BCUT2D eigenvalue weighted by molar-refractivity contribution is 6.30. The molecule has 0 bridgehead atoms. The molecule has 0 aromatic heterocycles. The van der Waals surface area contributed by atoms with E-state index >= 15 is 0 Å². The lowest BCUT2D eigenvalue weighted by molar-refractivity contribution is -0.137. The predicted molar refractivity (Wildman–Crippen MR) is 91.8 cm³/mol. The summed E-state index contributed by atoms with van der Waals surface area (Å²) < 4.78 is 37.5. The zero-order chi connectivity index (χ0) is 19.3. The minimum absolute atomic E-state index is 0.0385. The first-order valence-corrected chi connectivity index (χ1v) is 8.05. The summed E-state index contributed by atoms with van der Waals surface area (Å²) in [4.78, 5) is 23.8. The Morgan fingerprint density at radius 1 is 1.04 bits per heavy atom. The van der Waals surface area contributed by atoms with E-state index in [4.69, 9.17) is 11.6 Å². The average molecular weight is 385 g/mol. The van der Waals surface area contributed by atoms with Crippen molar-refractivity contribution in [1.82, 2.24) is 10.6 Å². The summed E-state index contributed by atoms with van der Waals surface area (Å²) in [6, 6.07) is 10.4. The van der Waals surface area contributed by atoms with Crippen molar-refractivity contribution in [3.8, 4) is 0 Å². The van der Waals surface area contributed by atoms with Crippen LogP contribution >= 0.6 is 11.6 Å². The fourth-order valence-electron chi connectivity index (χ4n) is 2.20. The van der Waals surface area contributed by atoms with Gasteiger partial charge in [-0.05, 0) is 48.9 Å². The Labute approximate surface area is 153 Å². The molecule has 0 heterocycles. The molecule has 8 heteroatoms. The van der Waals surface area contributed by atoms with Gasteiger partial charge in [0.2, 0.25) is 5.91 Å². The number of rotatable bonds is 5. The molecule has 0 aliphatic rings. The van der Waals surface area contributed by atoms with E-state index in [0.29, 0.717) is 5.02 Å². The standard InChI is InChI=1S/C18H16ClF3N2O2/c1-11(12-4-8-15(19)9-5-12)24-16(25)10-23-17(26)13-2-6-14(7-3-13)18(20,21)22/h2-9,11H,10H2,1H3,(H,23,26)(H,24,25)/t11-/m1/s1. The third-order valence-corrected chi connectivity index (χ3v) is 3.88. The molecule has 0 saturated carbocycles. The first-order valence-electron chi connectivity index (χ1n) is 7.67. The minimum atomic E-state index is -4.47. The number of hydrogen-bond acceptors (Lipinski definition) is 2. The summed E-state index contributed by atoms with van der Waals surface area (Å²) in [6.07, 6.45) is -4.47. The molecule has 0 saturated heterocycles. The Hall–Kier alpha value is -2.54. The van der Waals surface area contributed by atoms with Crippen molar-refractivity contribution < 1.29 is 22.8 Å². The highest BCUT2D eigenvalue weighted by Gasteiger charge is 2.30. The number of alkyl halides is 3. The van der Waals surface area contributed by atoms with Crippen LogP contribution in [0.4, 0.5) is 13.2 Å². The summed E-state index contributed by atoms with van der Waals surface area (Å²) in [5.74, 6) is -1.05. The minimum Gasteiger partial charge on any atom is -0.348 e. The number of benzene rings is 2. The third-order valence-electron chi connectivity index (χ3n) is 3.63. The Kier molecular flexibility index (Phi) is 6.26. The van der Waals surface area contributed by atoms with E-state index in [0.717, 1.165) is 29.8 Å². The van der Waals surface area contributed by atoms with Crippen molar-refractivity contribution in [2.24, 2.45) is 0 Å². The van der Waals surface area contributed by atoms with E-state index in [-0.39, 0.29) is 18.2 Å². The summed E-state index contributed by atoms with van der Waals surface area (Å²) in [5.41, 5.74) is 0.0388. The van der Waals surface area contributed by atoms with Crippen LogP contribution in [0, 0.1) is 0 Å². The number of carbonyl (C=O) groups excluding carboxylic acids is 2. The first-order chi connectivity index (χ1) is 12.2. The summed E-state index contributed by atoms with van der Waals surface area (Å²) in [5, 5.41) is 5.66. The van der Waals surface area contributed by atoms with Gasteiger partial charge in [-0.25, -0.2) is 0 Å². The topological polar surface area (TPSA) is 58.2 Å². The second kappa shape index (κ2) is 8.23. The van der Waals surface area contributed by atoms with Gasteiger partial charge in [0, 0.05) is 10.6 Å². The van der Waals surface area contributed by atoms with Crippen molar-refractivity contribution in [3.05, 3.63) is 70.2 Å². The lowest BCUT2D eigenvalue weighted by Crippen LogP contribution is -2.38. The number of nitrogens with one attached hydrogen (secondary N) is 2. The fourth-order valence-corrected chi connectivity index (χ4v) is 2.33. The van der Waals surface area contributed by atoms with Crippen LogP contribution in [0.2, 0.25) is 5.02 Å².